The number of methoxy groups -OCH3 is 1. The van der Waals surface area contributed by atoms with Crippen molar-refractivity contribution < 1.29 is 18.8 Å². The normalized spacial score (nSPS) is 17.1. The number of rotatable bonds is 8. The van der Waals surface area contributed by atoms with Crippen LogP contribution in [0.2, 0.25) is 0 Å². The van der Waals surface area contributed by atoms with E-state index in [0.717, 1.165) is 28.0 Å². The number of halogens is 1. The highest BCUT2D eigenvalue weighted by Crippen LogP contribution is 2.32. The van der Waals surface area contributed by atoms with Crippen molar-refractivity contribution in [3.05, 3.63) is 90.1 Å². The van der Waals surface area contributed by atoms with Gasteiger partial charge in [0.15, 0.2) is 5.65 Å². The smallest absolute Gasteiger partial charge is 0.320 e. The third-order valence-electron chi connectivity index (χ3n) is 7.25. The second kappa shape index (κ2) is 11.7. The van der Waals surface area contributed by atoms with Gasteiger partial charge in [0, 0.05) is 44.6 Å². The lowest BCUT2D eigenvalue weighted by atomic mass is 10.0. The van der Waals surface area contributed by atoms with E-state index in [4.69, 9.17) is 14.7 Å². The summed E-state index contributed by atoms with van der Waals surface area (Å²) in [5, 5.41) is 12.7. The number of para-hydroxylation sites is 1. The van der Waals surface area contributed by atoms with Crippen molar-refractivity contribution in [1.29, 1.82) is 0 Å². The molecule has 0 saturated carbocycles. The lowest BCUT2D eigenvalue weighted by molar-refractivity contribution is -0.154. The van der Waals surface area contributed by atoms with Crippen LogP contribution in [-0.4, -0.2) is 68.3 Å². The van der Waals surface area contributed by atoms with Gasteiger partial charge in [-0.05, 0) is 42.8 Å². The average molecular weight is 571 g/mol. The van der Waals surface area contributed by atoms with Gasteiger partial charge < -0.3 is 14.6 Å². The Morgan fingerprint density at radius 1 is 1.14 bits per heavy atom. The number of nitrogens with one attached hydrogen (secondary N) is 2. The number of aryl methyl sites for hydroxylation is 1. The number of imidazole rings is 1. The number of anilines is 1. The molecule has 2 amide bonds. The Morgan fingerprint density at radius 2 is 1.98 bits per heavy atom. The number of pyridine rings is 1. The van der Waals surface area contributed by atoms with Gasteiger partial charge in [0.1, 0.15) is 23.3 Å². The standard InChI is InChI=1S/C30H31FN8O3/c1-19-26(21-15-24-29(32-16-21)37(2)18-33-24)36-39(23-10-5-4-6-11-23)28(19)35-30(40)34-25-17-38(12-13-41-3)42-27(25)20-8-7-9-22(31)14-20/h4-11,14-16,18,25,27H,12-13,17H2,1-3H3,(H2,34,35,40)/t25-,27+/m1/s1. The molecule has 2 aromatic carbocycles. The number of aromatic nitrogens is 5. The summed E-state index contributed by atoms with van der Waals surface area (Å²) in [6.45, 7) is 3.25. The van der Waals surface area contributed by atoms with Crippen molar-refractivity contribution >= 4 is 23.0 Å². The second-order valence-corrected chi connectivity index (χ2v) is 10.2. The quantitative estimate of drug-likeness (QED) is 0.285. The van der Waals surface area contributed by atoms with Crippen LogP contribution < -0.4 is 10.6 Å². The first-order chi connectivity index (χ1) is 20.4. The van der Waals surface area contributed by atoms with Crippen LogP contribution in [0.5, 0.6) is 0 Å². The van der Waals surface area contributed by atoms with E-state index in [1.54, 1.807) is 41.5 Å². The molecule has 1 aliphatic rings. The van der Waals surface area contributed by atoms with Crippen molar-refractivity contribution in [1.82, 2.24) is 34.7 Å². The number of carbonyl (C=O) groups is 1. The molecule has 3 aromatic heterocycles. The third kappa shape index (κ3) is 5.47. The molecule has 1 saturated heterocycles. The first kappa shape index (κ1) is 27.5. The zero-order chi connectivity index (χ0) is 29.2. The number of hydrogen-bond acceptors (Lipinski definition) is 7. The van der Waals surface area contributed by atoms with E-state index in [2.05, 4.69) is 20.6 Å². The Balaban J connectivity index is 1.30. The predicted octanol–water partition coefficient (Wildman–Crippen LogP) is 4.39. The first-order valence-electron chi connectivity index (χ1n) is 13.6. The van der Waals surface area contributed by atoms with Gasteiger partial charge in [-0.25, -0.2) is 23.8 Å². The van der Waals surface area contributed by atoms with Crippen LogP contribution >= 0.6 is 0 Å². The summed E-state index contributed by atoms with van der Waals surface area (Å²) in [5.41, 5.74) is 5.13. The minimum absolute atomic E-state index is 0.372. The van der Waals surface area contributed by atoms with E-state index < -0.39 is 18.2 Å². The molecule has 0 bridgehead atoms. The van der Waals surface area contributed by atoms with Crippen LogP contribution in [0.1, 0.15) is 17.2 Å². The SMILES string of the molecule is COCCN1C[C@@H](NC(=O)Nc2c(C)c(-c3cnc4c(c3)ncn4C)nn2-c2ccccc2)[C@H](c2cccc(F)c2)O1. The topological polar surface area (TPSA) is 111 Å². The fraction of sp³-hybridized carbons (Fsp3) is 0.267. The van der Waals surface area contributed by atoms with Crippen molar-refractivity contribution in [3.63, 3.8) is 0 Å². The summed E-state index contributed by atoms with van der Waals surface area (Å²) in [7, 11) is 3.50. The van der Waals surface area contributed by atoms with Crippen molar-refractivity contribution in [2.75, 3.05) is 32.1 Å². The molecule has 1 fully saturated rings. The number of urea groups is 1. The minimum atomic E-state index is -0.574. The Kier molecular flexibility index (Phi) is 7.66. The van der Waals surface area contributed by atoms with Gasteiger partial charge >= 0.3 is 6.03 Å². The highest BCUT2D eigenvalue weighted by Gasteiger charge is 2.37. The summed E-state index contributed by atoms with van der Waals surface area (Å²) >= 11 is 0. The van der Waals surface area contributed by atoms with Gasteiger partial charge in [0.25, 0.3) is 0 Å². The summed E-state index contributed by atoms with van der Waals surface area (Å²) in [6.07, 6.45) is 2.90. The second-order valence-electron chi connectivity index (χ2n) is 10.2. The molecule has 11 nitrogen and oxygen atoms in total. The number of fused-ring (bicyclic) bond motifs is 1. The van der Waals surface area contributed by atoms with Crippen LogP contribution in [0, 0.1) is 12.7 Å². The highest BCUT2D eigenvalue weighted by atomic mass is 19.1. The summed E-state index contributed by atoms with van der Waals surface area (Å²) in [5.74, 6) is 0.134. The molecule has 0 unspecified atom stereocenters. The number of carbonyl (C=O) groups excluding carboxylic acids is 1. The predicted molar refractivity (Wildman–Crippen MR) is 155 cm³/mol. The van der Waals surface area contributed by atoms with Crippen molar-refractivity contribution in [2.24, 2.45) is 7.05 Å². The number of hydrogen-bond donors (Lipinski definition) is 2. The maximum absolute atomic E-state index is 14.1. The van der Waals surface area contributed by atoms with Crippen molar-refractivity contribution in [3.8, 4) is 16.9 Å². The van der Waals surface area contributed by atoms with Crippen LogP contribution in [0.25, 0.3) is 28.1 Å². The number of nitrogens with zero attached hydrogens (tertiary/aromatic N) is 6. The highest BCUT2D eigenvalue weighted by molar-refractivity contribution is 5.91. The number of ether oxygens (including phenoxy) is 1. The molecule has 12 heteroatoms. The Labute approximate surface area is 241 Å². The minimum Gasteiger partial charge on any atom is -0.383 e. The van der Waals surface area contributed by atoms with E-state index in [0.29, 0.717) is 36.8 Å². The van der Waals surface area contributed by atoms with E-state index in [1.165, 1.54) is 12.1 Å². The largest absolute Gasteiger partial charge is 0.383 e. The summed E-state index contributed by atoms with van der Waals surface area (Å²) < 4.78 is 22.8. The fourth-order valence-corrected chi connectivity index (χ4v) is 5.16. The monoisotopic (exact) mass is 570 g/mol. The molecular formula is C30H31FN8O3. The molecule has 1 aliphatic heterocycles. The van der Waals surface area contributed by atoms with Gasteiger partial charge in [-0.3, -0.25) is 10.2 Å². The van der Waals surface area contributed by atoms with E-state index in [1.807, 2.05) is 54.9 Å². The molecule has 0 aliphatic carbocycles. The third-order valence-corrected chi connectivity index (χ3v) is 7.25. The molecule has 4 heterocycles. The Bertz CT molecular complexity index is 1720. The van der Waals surface area contributed by atoms with E-state index >= 15 is 0 Å². The zero-order valence-corrected chi connectivity index (χ0v) is 23.5. The van der Waals surface area contributed by atoms with Crippen LogP contribution in [0.15, 0.2) is 73.2 Å². The summed E-state index contributed by atoms with van der Waals surface area (Å²) in [6, 6.07) is 16.8. The maximum Gasteiger partial charge on any atom is 0.320 e. The molecule has 2 atom stereocenters. The molecule has 5 aromatic rings. The van der Waals surface area contributed by atoms with Gasteiger partial charge in [-0.1, -0.05) is 30.3 Å². The first-order valence-corrected chi connectivity index (χ1v) is 13.6. The average Bonchev–Trinajstić information content (AvgIpc) is 3.67. The number of hydroxylamine groups is 2. The fourth-order valence-electron chi connectivity index (χ4n) is 5.16. The van der Waals surface area contributed by atoms with Gasteiger partial charge in [0.2, 0.25) is 0 Å². The van der Waals surface area contributed by atoms with Crippen LogP contribution in [-0.2, 0) is 16.6 Å². The summed E-state index contributed by atoms with van der Waals surface area (Å²) in [4.78, 5) is 28.6. The lowest BCUT2D eigenvalue weighted by Crippen LogP contribution is -2.42. The van der Waals surface area contributed by atoms with Gasteiger partial charge in [0.05, 0.1) is 30.4 Å². The van der Waals surface area contributed by atoms with Crippen LogP contribution in [0.4, 0.5) is 15.0 Å². The number of benzene rings is 2. The molecule has 0 radical (unpaired) electrons. The Morgan fingerprint density at radius 3 is 2.76 bits per heavy atom. The van der Waals surface area contributed by atoms with E-state index in [-0.39, 0.29) is 5.82 Å². The zero-order valence-electron chi connectivity index (χ0n) is 23.5. The molecular weight excluding hydrogens is 539 g/mol. The van der Waals surface area contributed by atoms with Crippen molar-refractivity contribution in [2.45, 2.75) is 19.1 Å². The Hall–Kier alpha value is -4.65. The van der Waals surface area contributed by atoms with E-state index in [9.17, 15) is 9.18 Å². The maximum atomic E-state index is 14.1. The molecule has 6 rings (SSSR count). The molecule has 216 valence electrons. The molecule has 2 N–H and O–H groups in total. The van der Waals surface area contributed by atoms with Crippen LogP contribution in [0.3, 0.4) is 0 Å². The molecule has 0 spiro atoms. The van der Waals surface area contributed by atoms with Gasteiger partial charge in [-0.15, -0.1) is 0 Å². The van der Waals surface area contributed by atoms with Gasteiger partial charge in [-0.2, -0.15) is 10.2 Å². The lowest BCUT2D eigenvalue weighted by Gasteiger charge is -2.19. The molecule has 42 heavy (non-hydrogen) atoms. The number of amides is 2.